The van der Waals surface area contributed by atoms with Crippen molar-refractivity contribution in [2.45, 2.75) is 84.0 Å². The van der Waals surface area contributed by atoms with Gasteiger partial charge in [0.25, 0.3) is 0 Å². The van der Waals surface area contributed by atoms with Crippen LogP contribution in [0.15, 0.2) is 0 Å². The Bertz CT molecular complexity index is 279. The molecule has 124 valence electrons. The van der Waals surface area contributed by atoms with Crippen molar-refractivity contribution >= 4 is 0 Å². The first kappa shape index (κ1) is 17.2. The number of hydrogen-bond donors (Lipinski definition) is 0. The highest BCUT2D eigenvalue weighted by atomic mass is 16.7. The van der Waals surface area contributed by atoms with Gasteiger partial charge in [0.15, 0.2) is 5.79 Å². The van der Waals surface area contributed by atoms with E-state index in [2.05, 4.69) is 25.7 Å². The fourth-order valence-corrected chi connectivity index (χ4v) is 3.52. The van der Waals surface area contributed by atoms with E-state index in [4.69, 9.17) is 9.47 Å². The van der Waals surface area contributed by atoms with E-state index in [-0.39, 0.29) is 11.9 Å². The summed E-state index contributed by atoms with van der Waals surface area (Å²) >= 11 is 0. The van der Waals surface area contributed by atoms with Crippen molar-refractivity contribution in [2.24, 2.45) is 5.92 Å². The first-order chi connectivity index (χ1) is 10.2. The molecule has 1 saturated heterocycles. The summed E-state index contributed by atoms with van der Waals surface area (Å²) in [5, 5.41) is 0. The molecule has 3 nitrogen and oxygen atoms in total. The number of nitrogens with zero attached hydrogens (tertiary/aromatic N) is 1. The van der Waals surface area contributed by atoms with E-state index < -0.39 is 0 Å². The van der Waals surface area contributed by atoms with Crippen molar-refractivity contribution < 1.29 is 9.47 Å². The molecule has 2 aliphatic rings. The topological polar surface area (TPSA) is 21.7 Å². The minimum atomic E-state index is -0.224. The van der Waals surface area contributed by atoms with Crippen LogP contribution in [-0.4, -0.2) is 43.0 Å². The highest BCUT2D eigenvalue weighted by molar-refractivity contribution is 4.85. The standard InChI is InChI=1S/C18H35NO2/c1-4-6-12-19(13-7-5-2)14-17-15-20-18(21-17)10-8-16(3)9-11-18/h16-17H,4-15H2,1-3H3. The number of unbranched alkanes of at least 4 members (excludes halogenated alkanes) is 2. The second kappa shape index (κ2) is 8.50. The van der Waals surface area contributed by atoms with Crippen LogP contribution < -0.4 is 0 Å². The molecule has 0 aromatic carbocycles. The molecule has 1 spiro atoms. The molecule has 0 N–H and O–H groups in total. The largest absolute Gasteiger partial charge is 0.347 e. The van der Waals surface area contributed by atoms with Crippen molar-refractivity contribution in [1.82, 2.24) is 4.90 Å². The number of rotatable bonds is 8. The van der Waals surface area contributed by atoms with E-state index in [0.717, 1.165) is 31.9 Å². The molecule has 2 fully saturated rings. The number of ether oxygens (including phenoxy) is 2. The Hall–Kier alpha value is -0.120. The van der Waals surface area contributed by atoms with Gasteiger partial charge >= 0.3 is 0 Å². The Morgan fingerprint density at radius 3 is 2.24 bits per heavy atom. The third kappa shape index (κ3) is 5.22. The van der Waals surface area contributed by atoms with Gasteiger partial charge in [0.2, 0.25) is 0 Å². The minimum absolute atomic E-state index is 0.224. The second-order valence-corrected chi connectivity index (χ2v) is 7.15. The molecule has 3 heteroatoms. The molecule has 0 bridgehead atoms. The van der Waals surface area contributed by atoms with E-state index in [1.807, 2.05) is 0 Å². The van der Waals surface area contributed by atoms with Crippen molar-refractivity contribution in [3.63, 3.8) is 0 Å². The molecule has 1 aliphatic carbocycles. The van der Waals surface area contributed by atoms with Gasteiger partial charge in [-0.1, -0.05) is 33.6 Å². The van der Waals surface area contributed by atoms with Crippen molar-refractivity contribution in [1.29, 1.82) is 0 Å². The second-order valence-electron chi connectivity index (χ2n) is 7.15. The molecule has 0 radical (unpaired) electrons. The molecule has 1 saturated carbocycles. The van der Waals surface area contributed by atoms with Crippen LogP contribution in [0.3, 0.4) is 0 Å². The Balaban J connectivity index is 1.78. The third-order valence-corrected chi connectivity index (χ3v) is 5.07. The van der Waals surface area contributed by atoms with Crippen LogP contribution in [0.25, 0.3) is 0 Å². The normalized spacial score (nSPS) is 33.1. The molecule has 1 aliphatic heterocycles. The van der Waals surface area contributed by atoms with Gasteiger partial charge in [0.05, 0.1) is 12.7 Å². The molecule has 0 aromatic rings. The summed E-state index contributed by atoms with van der Waals surface area (Å²) in [6.45, 7) is 11.1. The smallest absolute Gasteiger partial charge is 0.168 e. The molecule has 2 rings (SSSR count). The zero-order chi connectivity index (χ0) is 15.1. The average Bonchev–Trinajstić information content (AvgIpc) is 2.88. The SMILES string of the molecule is CCCCN(CCCC)CC1COC2(CCC(C)CC2)O1. The molecular weight excluding hydrogens is 262 g/mol. The summed E-state index contributed by atoms with van der Waals surface area (Å²) in [5.74, 6) is 0.616. The van der Waals surface area contributed by atoms with Gasteiger partial charge in [0, 0.05) is 19.4 Å². The zero-order valence-corrected chi connectivity index (χ0v) is 14.4. The van der Waals surface area contributed by atoms with E-state index in [1.165, 1.54) is 51.6 Å². The Labute approximate surface area is 131 Å². The van der Waals surface area contributed by atoms with Gasteiger partial charge in [-0.3, -0.25) is 0 Å². The Kier molecular flexibility index (Phi) is 6.97. The average molecular weight is 297 g/mol. The Morgan fingerprint density at radius 1 is 1.05 bits per heavy atom. The maximum absolute atomic E-state index is 6.36. The predicted molar refractivity (Wildman–Crippen MR) is 87.4 cm³/mol. The third-order valence-electron chi connectivity index (χ3n) is 5.07. The summed E-state index contributed by atoms with van der Waals surface area (Å²) in [7, 11) is 0. The van der Waals surface area contributed by atoms with Crippen molar-refractivity contribution in [2.75, 3.05) is 26.2 Å². The van der Waals surface area contributed by atoms with Crippen molar-refractivity contribution in [3.8, 4) is 0 Å². The maximum atomic E-state index is 6.36. The Morgan fingerprint density at radius 2 is 1.67 bits per heavy atom. The van der Waals surface area contributed by atoms with Gasteiger partial charge in [-0.15, -0.1) is 0 Å². The van der Waals surface area contributed by atoms with Gasteiger partial charge in [-0.2, -0.15) is 0 Å². The predicted octanol–water partition coefficient (Wildman–Crippen LogP) is 4.21. The van der Waals surface area contributed by atoms with Crippen molar-refractivity contribution in [3.05, 3.63) is 0 Å². The van der Waals surface area contributed by atoms with Crippen LogP contribution in [0.2, 0.25) is 0 Å². The zero-order valence-electron chi connectivity index (χ0n) is 14.4. The minimum Gasteiger partial charge on any atom is -0.347 e. The monoisotopic (exact) mass is 297 g/mol. The first-order valence-corrected chi connectivity index (χ1v) is 9.21. The van der Waals surface area contributed by atoms with Crippen LogP contribution in [-0.2, 0) is 9.47 Å². The van der Waals surface area contributed by atoms with Gasteiger partial charge < -0.3 is 14.4 Å². The van der Waals surface area contributed by atoms with E-state index >= 15 is 0 Å². The van der Waals surface area contributed by atoms with E-state index in [9.17, 15) is 0 Å². The van der Waals surface area contributed by atoms with E-state index in [0.29, 0.717) is 0 Å². The first-order valence-electron chi connectivity index (χ1n) is 9.21. The highest BCUT2D eigenvalue weighted by Gasteiger charge is 2.43. The molecule has 1 unspecified atom stereocenters. The molecular formula is C18H35NO2. The summed E-state index contributed by atoms with van der Waals surface area (Å²) in [6, 6.07) is 0. The van der Waals surface area contributed by atoms with Crippen LogP contribution in [0.4, 0.5) is 0 Å². The number of hydrogen-bond acceptors (Lipinski definition) is 3. The van der Waals surface area contributed by atoms with Crippen LogP contribution >= 0.6 is 0 Å². The van der Waals surface area contributed by atoms with E-state index in [1.54, 1.807) is 0 Å². The fraction of sp³-hybridized carbons (Fsp3) is 1.00. The summed E-state index contributed by atoms with van der Waals surface area (Å²) < 4.78 is 12.5. The maximum Gasteiger partial charge on any atom is 0.168 e. The van der Waals surface area contributed by atoms with Gasteiger partial charge in [-0.25, -0.2) is 0 Å². The summed E-state index contributed by atoms with van der Waals surface area (Å²) in [6.07, 6.45) is 10.1. The van der Waals surface area contributed by atoms with Crippen LogP contribution in [0.5, 0.6) is 0 Å². The molecule has 1 atom stereocenters. The van der Waals surface area contributed by atoms with Crippen LogP contribution in [0, 0.1) is 5.92 Å². The lowest BCUT2D eigenvalue weighted by atomic mass is 9.86. The highest BCUT2D eigenvalue weighted by Crippen LogP contribution is 2.39. The summed E-state index contributed by atoms with van der Waals surface area (Å²) in [4.78, 5) is 2.59. The van der Waals surface area contributed by atoms with Gasteiger partial charge in [-0.05, 0) is 44.7 Å². The fourth-order valence-electron chi connectivity index (χ4n) is 3.52. The van der Waals surface area contributed by atoms with Gasteiger partial charge in [0.1, 0.15) is 0 Å². The molecule has 0 amide bonds. The lowest BCUT2D eigenvalue weighted by molar-refractivity contribution is -0.193. The quantitative estimate of drug-likeness (QED) is 0.670. The molecule has 21 heavy (non-hydrogen) atoms. The molecule has 0 aromatic heterocycles. The lowest BCUT2D eigenvalue weighted by Crippen LogP contribution is -2.39. The lowest BCUT2D eigenvalue weighted by Gasteiger charge is -2.35. The van der Waals surface area contributed by atoms with Crippen LogP contribution in [0.1, 0.15) is 72.1 Å². The summed E-state index contributed by atoms with van der Waals surface area (Å²) in [5.41, 5.74) is 0. The molecule has 1 heterocycles.